The van der Waals surface area contributed by atoms with Crippen LogP contribution < -0.4 is 0 Å². The third kappa shape index (κ3) is 3.44. The van der Waals surface area contributed by atoms with Crippen LogP contribution in [0.3, 0.4) is 0 Å². The lowest BCUT2D eigenvalue weighted by Gasteiger charge is -2.25. The van der Waals surface area contributed by atoms with Crippen molar-refractivity contribution in [1.82, 2.24) is 4.90 Å². The van der Waals surface area contributed by atoms with Gasteiger partial charge in [-0.3, -0.25) is 9.59 Å². The van der Waals surface area contributed by atoms with Crippen LogP contribution in [0.15, 0.2) is 65.6 Å². The minimum atomic E-state index is -1.00. The van der Waals surface area contributed by atoms with E-state index in [1.54, 1.807) is 30.3 Å². The monoisotopic (exact) mass is 421 g/mol. The Kier molecular flexibility index (Phi) is 5.26. The lowest BCUT2D eigenvalue weighted by molar-refractivity contribution is -0.140. The second-order valence-electron chi connectivity index (χ2n) is 7.33. The third-order valence-corrected chi connectivity index (χ3v) is 6.29. The number of carbonyl (C=O) groups excluding carboxylic acids is 2. The fraction of sp³-hybridized carbons (Fsp3) is 0.167. The Labute approximate surface area is 177 Å². The molecule has 0 saturated carbocycles. The van der Waals surface area contributed by atoms with E-state index in [1.807, 2.05) is 37.4 Å². The highest BCUT2D eigenvalue weighted by molar-refractivity contribution is 7.09. The van der Waals surface area contributed by atoms with Crippen molar-refractivity contribution < 1.29 is 19.1 Å². The Bertz CT molecular complexity index is 1170. The van der Waals surface area contributed by atoms with Crippen LogP contribution in [-0.4, -0.2) is 21.7 Å². The number of hydrogen-bond donors (Lipinski definition) is 1. The molecule has 3 aromatic rings. The van der Waals surface area contributed by atoms with Crippen molar-refractivity contribution in [2.24, 2.45) is 0 Å². The first-order chi connectivity index (χ1) is 14.4. The summed E-state index contributed by atoms with van der Waals surface area (Å²) in [6.45, 7) is 4.00. The Morgan fingerprint density at radius 3 is 2.50 bits per heavy atom. The van der Waals surface area contributed by atoms with Gasteiger partial charge in [0, 0.05) is 16.0 Å². The number of hydrogen-bond acceptors (Lipinski definition) is 4. The van der Waals surface area contributed by atoms with Gasteiger partial charge in [-0.2, -0.15) is 0 Å². The number of rotatable bonds is 4. The third-order valence-electron chi connectivity index (χ3n) is 5.43. The number of thiophene rings is 1. The van der Waals surface area contributed by atoms with Crippen LogP contribution in [0, 0.1) is 19.7 Å². The molecule has 30 heavy (non-hydrogen) atoms. The van der Waals surface area contributed by atoms with Gasteiger partial charge in [0.2, 0.25) is 0 Å². The largest absolute Gasteiger partial charge is 0.507 e. The van der Waals surface area contributed by atoms with E-state index < -0.39 is 23.5 Å². The Hall–Kier alpha value is -3.25. The lowest BCUT2D eigenvalue weighted by atomic mass is 9.94. The van der Waals surface area contributed by atoms with Crippen LogP contribution in [0.25, 0.3) is 5.76 Å². The Morgan fingerprint density at radius 2 is 1.83 bits per heavy atom. The smallest absolute Gasteiger partial charge is 0.295 e. The van der Waals surface area contributed by atoms with Crippen molar-refractivity contribution in [3.63, 3.8) is 0 Å². The predicted octanol–water partition coefficient (Wildman–Crippen LogP) is 5.13. The molecule has 2 aromatic carbocycles. The quantitative estimate of drug-likeness (QED) is 0.361. The number of amides is 1. The minimum absolute atomic E-state index is 0.0927. The molecule has 4 nitrogen and oxygen atoms in total. The molecule has 0 bridgehead atoms. The number of benzene rings is 2. The SMILES string of the molecule is Cc1ccc(/C(O)=C2\C(=O)C(=O)N(Cc3cccs3)C2c2ccccc2F)cc1C. The summed E-state index contributed by atoms with van der Waals surface area (Å²) in [5, 5.41) is 12.9. The van der Waals surface area contributed by atoms with Crippen LogP contribution in [0.4, 0.5) is 4.39 Å². The van der Waals surface area contributed by atoms with Gasteiger partial charge in [0.1, 0.15) is 11.6 Å². The lowest BCUT2D eigenvalue weighted by Crippen LogP contribution is -2.29. The molecule has 6 heteroatoms. The van der Waals surface area contributed by atoms with E-state index in [-0.39, 0.29) is 23.4 Å². The van der Waals surface area contributed by atoms with Gasteiger partial charge >= 0.3 is 0 Å². The summed E-state index contributed by atoms with van der Waals surface area (Å²) in [5.41, 5.74) is 2.49. The molecule has 1 aromatic heterocycles. The van der Waals surface area contributed by atoms with Gasteiger partial charge in [0.05, 0.1) is 18.2 Å². The highest BCUT2D eigenvalue weighted by Crippen LogP contribution is 2.41. The van der Waals surface area contributed by atoms with Gasteiger partial charge < -0.3 is 10.0 Å². The fourth-order valence-corrected chi connectivity index (χ4v) is 4.38. The summed E-state index contributed by atoms with van der Waals surface area (Å²) in [5.74, 6) is -2.39. The number of aryl methyl sites for hydroxylation is 2. The molecule has 0 spiro atoms. The van der Waals surface area contributed by atoms with Crippen molar-refractivity contribution in [3.05, 3.63) is 98.5 Å². The van der Waals surface area contributed by atoms with Crippen molar-refractivity contribution >= 4 is 28.8 Å². The number of ketones is 1. The molecule has 4 rings (SSSR count). The summed E-state index contributed by atoms with van der Waals surface area (Å²) in [7, 11) is 0. The van der Waals surface area contributed by atoms with Crippen molar-refractivity contribution in [3.8, 4) is 0 Å². The molecule has 1 aliphatic rings. The average Bonchev–Trinajstić information content (AvgIpc) is 3.32. The maximum absolute atomic E-state index is 14.8. The molecule has 1 saturated heterocycles. The zero-order valence-electron chi connectivity index (χ0n) is 16.6. The van der Waals surface area contributed by atoms with Gasteiger partial charge in [-0.1, -0.05) is 36.4 Å². The number of aliphatic hydroxyl groups excluding tert-OH is 1. The summed E-state index contributed by atoms with van der Waals surface area (Å²) in [6, 6.07) is 14.0. The maximum Gasteiger partial charge on any atom is 0.295 e. The van der Waals surface area contributed by atoms with E-state index in [1.165, 1.54) is 22.3 Å². The van der Waals surface area contributed by atoms with E-state index in [0.717, 1.165) is 16.0 Å². The second kappa shape index (κ2) is 7.88. The molecule has 0 aliphatic carbocycles. The number of Topliss-reactive ketones (excluding diaryl/α,β-unsaturated/α-hetero) is 1. The second-order valence-corrected chi connectivity index (χ2v) is 8.36. The summed E-state index contributed by atoms with van der Waals surface area (Å²) in [4.78, 5) is 28.1. The van der Waals surface area contributed by atoms with Gasteiger partial charge in [0.15, 0.2) is 0 Å². The number of aliphatic hydroxyl groups is 1. The van der Waals surface area contributed by atoms with Gasteiger partial charge in [-0.25, -0.2) is 4.39 Å². The maximum atomic E-state index is 14.8. The van der Waals surface area contributed by atoms with Gasteiger partial charge in [-0.05, 0) is 48.6 Å². The number of halogens is 1. The molecular formula is C24H20FNO3S. The van der Waals surface area contributed by atoms with Crippen LogP contribution >= 0.6 is 11.3 Å². The normalized spacial score (nSPS) is 18.2. The molecule has 1 N–H and O–H groups in total. The number of likely N-dealkylation sites (tertiary alicyclic amines) is 1. The van der Waals surface area contributed by atoms with Crippen LogP contribution in [0.2, 0.25) is 0 Å². The first-order valence-electron chi connectivity index (χ1n) is 9.51. The van der Waals surface area contributed by atoms with E-state index in [4.69, 9.17) is 0 Å². The Balaban J connectivity index is 1.90. The van der Waals surface area contributed by atoms with Crippen LogP contribution in [0.5, 0.6) is 0 Å². The van der Waals surface area contributed by atoms with E-state index in [2.05, 4.69) is 0 Å². The van der Waals surface area contributed by atoms with E-state index in [9.17, 15) is 19.1 Å². The summed E-state index contributed by atoms with van der Waals surface area (Å²) >= 11 is 1.45. The summed E-state index contributed by atoms with van der Waals surface area (Å²) < 4.78 is 14.8. The Morgan fingerprint density at radius 1 is 1.07 bits per heavy atom. The fourth-order valence-electron chi connectivity index (χ4n) is 3.68. The predicted molar refractivity (Wildman–Crippen MR) is 114 cm³/mol. The number of carbonyl (C=O) groups is 2. The summed E-state index contributed by atoms with van der Waals surface area (Å²) in [6.07, 6.45) is 0. The molecule has 152 valence electrons. The minimum Gasteiger partial charge on any atom is -0.507 e. The molecule has 2 heterocycles. The zero-order valence-corrected chi connectivity index (χ0v) is 17.4. The average molecular weight is 421 g/mol. The van der Waals surface area contributed by atoms with E-state index in [0.29, 0.717) is 5.56 Å². The molecular weight excluding hydrogens is 401 g/mol. The molecule has 0 radical (unpaired) electrons. The number of nitrogens with zero attached hydrogens (tertiary/aromatic N) is 1. The topological polar surface area (TPSA) is 57.6 Å². The van der Waals surface area contributed by atoms with Crippen molar-refractivity contribution in [1.29, 1.82) is 0 Å². The highest BCUT2D eigenvalue weighted by Gasteiger charge is 2.47. The molecule has 1 fully saturated rings. The first kappa shape index (κ1) is 20.0. The standard InChI is InChI=1S/C24H20FNO3S/c1-14-9-10-16(12-15(14)2)22(27)20-21(18-7-3-4-8-19(18)25)26(24(29)23(20)28)13-17-6-5-11-30-17/h3-12,21,27H,13H2,1-2H3/b22-20+. The molecule has 1 atom stereocenters. The zero-order chi connectivity index (χ0) is 21.4. The molecule has 1 amide bonds. The van der Waals surface area contributed by atoms with Gasteiger partial charge in [0.25, 0.3) is 11.7 Å². The van der Waals surface area contributed by atoms with E-state index >= 15 is 0 Å². The van der Waals surface area contributed by atoms with Crippen LogP contribution in [-0.2, 0) is 16.1 Å². The molecule has 1 unspecified atom stereocenters. The molecule has 1 aliphatic heterocycles. The first-order valence-corrected chi connectivity index (χ1v) is 10.4. The van der Waals surface area contributed by atoms with Gasteiger partial charge in [-0.15, -0.1) is 11.3 Å². The van der Waals surface area contributed by atoms with Crippen molar-refractivity contribution in [2.45, 2.75) is 26.4 Å². The van der Waals surface area contributed by atoms with Crippen LogP contribution in [0.1, 0.15) is 33.2 Å². The highest BCUT2D eigenvalue weighted by atomic mass is 32.1. The van der Waals surface area contributed by atoms with Crippen molar-refractivity contribution in [2.75, 3.05) is 0 Å².